The van der Waals surface area contributed by atoms with Crippen molar-refractivity contribution in [3.63, 3.8) is 0 Å². The highest BCUT2D eigenvalue weighted by molar-refractivity contribution is 9.10. The van der Waals surface area contributed by atoms with Crippen molar-refractivity contribution in [2.45, 2.75) is 18.1 Å². The largest absolute Gasteiger partial charge is 0.437 e. The second-order valence-electron chi connectivity index (χ2n) is 4.81. The van der Waals surface area contributed by atoms with E-state index in [4.69, 9.17) is 4.42 Å². The van der Waals surface area contributed by atoms with Gasteiger partial charge in [0.1, 0.15) is 5.58 Å². The summed E-state index contributed by atoms with van der Waals surface area (Å²) in [4.78, 5) is 29.5. The highest BCUT2D eigenvalue weighted by Crippen LogP contribution is 2.24. The minimum absolute atomic E-state index is 0.0341. The van der Waals surface area contributed by atoms with Gasteiger partial charge in [-0.1, -0.05) is 27.7 Å². The van der Waals surface area contributed by atoms with Crippen molar-refractivity contribution in [1.29, 1.82) is 0 Å². The number of aromatic nitrogens is 2. The Kier molecular flexibility index (Phi) is 2.93. The molecule has 0 atom stereocenters. The Labute approximate surface area is 131 Å². The first-order valence-corrected chi connectivity index (χ1v) is 8.23. The van der Waals surface area contributed by atoms with E-state index in [-0.39, 0.29) is 22.1 Å². The van der Waals surface area contributed by atoms with Crippen molar-refractivity contribution in [3.05, 3.63) is 43.2 Å². The Morgan fingerprint density at radius 1 is 1.33 bits per heavy atom. The predicted molar refractivity (Wildman–Crippen MR) is 85.1 cm³/mol. The lowest BCUT2D eigenvalue weighted by Gasteiger charge is -2.16. The van der Waals surface area contributed by atoms with E-state index < -0.39 is 0 Å². The van der Waals surface area contributed by atoms with Crippen LogP contribution in [-0.4, -0.2) is 15.3 Å². The van der Waals surface area contributed by atoms with Crippen LogP contribution in [0.1, 0.15) is 6.42 Å². The summed E-state index contributed by atoms with van der Waals surface area (Å²) in [6, 6.07) is 5.15. The van der Waals surface area contributed by atoms with Crippen LogP contribution < -0.4 is 11.0 Å². The van der Waals surface area contributed by atoms with Gasteiger partial charge in [-0.2, -0.15) is 4.98 Å². The van der Waals surface area contributed by atoms with E-state index >= 15 is 0 Å². The van der Waals surface area contributed by atoms with E-state index in [1.54, 1.807) is 22.8 Å². The van der Waals surface area contributed by atoms with Crippen molar-refractivity contribution >= 4 is 49.8 Å². The van der Waals surface area contributed by atoms with Gasteiger partial charge in [-0.3, -0.25) is 14.2 Å². The Bertz CT molecular complexity index is 1010. The number of rotatable bonds is 0. The fourth-order valence-corrected chi connectivity index (χ4v) is 3.78. The molecule has 3 aromatic rings. The van der Waals surface area contributed by atoms with E-state index in [0.717, 1.165) is 16.6 Å². The number of thioether (sulfide) groups is 1. The molecule has 3 heterocycles. The first-order valence-electron chi connectivity index (χ1n) is 6.45. The molecule has 1 aliphatic rings. The van der Waals surface area contributed by atoms with E-state index in [1.807, 2.05) is 0 Å². The molecule has 1 aromatic carbocycles. The molecule has 0 amide bonds. The summed E-state index contributed by atoms with van der Waals surface area (Å²) in [6.45, 7) is 0.597. The van der Waals surface area contributed by atoms with Crippen molar-refractivity contribution in [1.82, 2.24) is 9.55 Å². The molecule has 2 aromatic heterocycles. The molecule has 21 heavy (non-hydrogen) atoms. The van der Waals surface area contributed by atoms with Gasteiger partial charge in [0.25, 0.3) is 5.56 Å². The molecule has 0 radical (unpaired) electrons. The van der Waals surface area contributed by atoms with Crippen molar-refractivity contribution in [3.8, 4) is 0 Å². The molecule has 4 rings (SSSR count). The summed E-state index contributed by atoms with van der Waals surface area (Å²) in [5, 5.41) is 1.05. The number of halogens is 1. The molecule has 0 unspecified atom stereocenters. The first-order chi connectivity index (χ1) is 10.1. The fraction of sp³-hybridized carbons (Fsp3) is 0.214. The van der Waals surface area contributed by atoms with Crippen LogP contribution in [0.25, 0.3) is 22.1 Å². The summed E-state index contributed by atoms with van der Waals surface area (Å²) >= 11 is 4.84. The summed E-state index contributed by atoms with van der Waals surface area (Å²) in [5.41, 5.74) is -0.0671. The number of fused-ring (bicyclic) bond motifs is 3. The molecule has 5 nitrogen and oxygen atoms in total. The third-order valence-corrected chi connectivity index (χ3v) is 5.03. The fourth-order valence-electron chi connectivity index (χ4n) is 2.49. The van der Waals surface area contributed by atoms with E-state index in [1.165, 1.54) is 11.8 Å². The second-order valence-corrected chi connectivity index (χ2v) is 6.78. The van der Waals surface area contributed by atoms with Crippen LogP contribution in [0.4, 0.5) is 0 Å². The van der Waals surface area contributed by atoms with Gasteiger partial charge >= 0.3 is 0 Å². The Morgan fingerprint density at radius 3 is 3.05 bits per heavy atom. The average Bonchev–Trinajstić information content (AvgIpc) is 2.48. The lowest BCUT2D eigenvalue weighted by atomic mass is 10.2. The van der Waals surface area contributed by atoms with Gasteiger partial charge in [0, 0.05) is 16.8 Å². The lowest BCUT2D eigenvalue weighted by molar-refractivity contribution is 0.552. The summed E-state index contributed by atoms with van der Waals surface area (Å²) in [5.74, 6) is 0.919. The molecular weight excluding hydrogens is 356 g/mol. The zero-order chi connectivity index (χ0) is 14.6. The SMILES string of the molecule is O=c1c2cc(Br)ccc2oc2nc3n(c(=O)c12)CCCS3. The molecule has 0 saturated carbocycles. The molecule has 0 aliphatic carbocycles. The molecule has 0 bridgehead atoms. The summed E-state index contributed by atoms with van der Waals surface area (Å²) in [6.07, 6.45) is 0.898. The smallest absolute Gasteiger partial charge is 0.269 e. The quantitative estimate of drug-likeness (QED) is 0.453. The Morgan fingerprint density at radius 2 is 2.19 bits per heavy atom. The Hall–Kier alpha value is -1.60. The summed E-state index contributed by atoms with van der Waals surface area (Å²) < 4.78 is 8.00. The molecule has 7 heteroatoms. The third-order valence-electron chi connectivity index (χ3n) is 3.48. The van der Waals surface area contributed by atoms with E-state index in [2.05, 4.69) is 20.9 Å². The third kappa shape index (κ3) is 1.95. The van der Waals surface area contributed by atoms with Gasteiger partial charge in [-0.15, -0.1) is 0 Å². The van der Waals surface area contributed by atoms with Crippen molar-refractivity contribution in [2.24, 2.45) is 0 Å². The molecule has 106 valence electrons. The second kappa shape index (κ2) is 4.71. The first kappa shape index (κ1) is 13.1. The van der Waals surface area contributed by atoms with Gasteiger partial charge in [0.15, 0.2) is 10.5 Å². The standard InChI is InChI=1S/C14H9BrN2O3S/c15-7-2-3-9-8(6-7)11(18)10-12(20-9)16-14-17(13(10)19)4-1-5-21-14/h2-3,6H,1,4-5H2. The van der Waals surface area contributed by atoms with Gasteiger partial charge in [-0.05, 0) is 24.6 Å². The normalized spacial score (nSPS) is 14.5. The molecule has 0 spiro atoms. The van der Waals surface area contributed by atoms with E-state index in [9.17, 15) is 9.59 Å². The van der Waals surface area contributed by atoms with Crippen molar-refractivity contribution in [2.75, 3.05) is 5.75 Å². The van der Waals surface area contributed by atoms with Crippen LogP contribution in [0.2, 0.25) is 0 Å². The monoisotopic (exact) mass is 364 g/mol. The van der Waals surface area contributed by atoms with Crippen LogP contribution >= 0.6 is 27.7 Å². The number of hydrogen-bond donors (Lipinski definition) is 0. The highest BCUT2D eigenvalue weighted by atomic mass is 79.9. The molecule has 1 aliphatic heterocycles. The molecule has 0 fully saturated rings. The van der Waals surface area contributed by atoms with Gasteiger partial charge in [0.2, 0.25) is 11.1 Å². The number of hydrogen-bond acceptors (Lipinski definition) is 5. The lowest BCUT2D eigenvalue weighted by Crippen LogP contribution is -2.29. The maximum atomic E-state index is 12.6. The maximum Gasteiger partial charge on any atom is 0.269 e. The van der Waals surface area contributed by atoms with Gasteiger partial charge in [0.05, 0.1) is 5.39 Å². The molecule has 0 N–H and O–H groups in total. The van der Waals surface area contributed by atoms with Crippen LogP contribution in [0.15, 0.2) is 41.8 Å². The van der Waals surface area contributed by atoms with Crippen LogP contribution in [-0.2, 0) is 6.54 Å². The van der Waals surface area contributed by atoms with Crippen LogP contribution in [0, 0.1) is 0 Å². The van der Waals surface area contributed by atoms with E-state index in [0.29, 0.717) is 22.7 Å². The molecule has 0 saturated heterocycles. The van der Waals surface area contributed by atoms with Gasteiger partial charge < -0.3 is 4.42 Å². The summed E-state index contributed by atoms with van der Waals surface area (Å²) in [7, 11) is 0. The maximum absolute atomic E-state index is 12.6. The Balaban J connectivity index is 2.22. The minimum atomic E-state index is -0.323. The highest BCUT2D eigenvalue weighted by Gasteiger charge is 2.20. The molecular formula is C14H9BrN2O3S. The minimum Gasteiger partial charge on any atom is -0.437 e. The predicted octanol–water partition coefficient (Wildman–Crippen LogP) is 2.76. The number of benzene rings is 1. The zero-order valence-electron chi connectivity index (χ0n) is 10.8. The average molecular weight is 365 g/mol. The van der Waals surface area contributed by atoms with Crippen molar-refractivity contribution < 1.29 is 4.42 Å². The zero-order valence-corrected chi connectivity index (χ0v) is 13.2. The topological polar surface area (TPSA) is 65.1 Å². The van der Waals surface area contributed by atoms with Gasteiger partial charge in [-0.25, -0.2) is 0 Å². The van der Waals surface area contributed by atoms with Crippen LogP contribution in [0.5, 0.6) is 0 Å². The van der Waals surface area contributed by atoms with Crippen LogP contribution in [0.3, 0.4) is 0 Å². The number of nitrogens with zero attached hydrogens (tertiary/aromatic N) is 2.